The van der Waals surface area contributed by atoms with Gasteiger partial charge >= 0.3 is 0 Å². The van der Waals surface area contributed by atoms with Crippen molar-refractivity contribution in [1.82, 2.24) is 14.5 Å². The number of fused-ring (bicyclic) bond motifs is 1. The van der Waals surface area contributed by atoms with E-state index in [0.29, 0.717) is 23.8 Å². The van der Waals surface area contributed by atoms with Crippen LogP contribution in [0, 0.1) is 6.92 Å². The van der Waals surface area contributed by atoms with Crippen LogP contribution in [0.15, 0.2) is 30.6 Å². The molecule has 0 aliphatic rings. The number of aryl methyl sites for hydroxylation is 2. The number of aromatic nitrogens is 3. The highest BCUT2D eigenvalue weighted by molar-refractivity contribution is 7.22. The Bertz CT molecular complexity index is 792. The number of thiazole rings is 1. The van der Waals surface area contributed by atoms with E-state index in [1.54, 1.807) is 12.3 Å². The lowest BCUT2D eigenvalue weighted by Gasteiger charge is -2.04. The number of carbonyl (C=O) groups is 1. The van der Waals surface area contributed by atoms with Gasteiger partial charge < -0.3 is 15.6 Å². The summed E-state index contributed by atoms with van der Waals surface area (Å²) in [4.78, 5) is 20.5. The van der Waals surface area contributed by atoms with Crippen LogP contribution in [-0.4, -0.2) is 20.4 Å². The number of nitrogen functional groups attached to an aromatic ring is 1. The molecule has 0 unspecified atom stereocenters. The summed E-state index contributed by atoms with van der Waals surface area (Å²) in [5.74, 6) is 0.841. The first-order valence-corrected chi connectivity index (χ1v) is 7.37. The van der Waals surface area contributed by atoms with Crippen LogP contribution in [-0.2, 0) is 11.3 Å². The van der Waals surface area contributed by atoms with Crippen molar-refractivity contribution in [2.45, 2.75) is 19.9 Å². The number of benzene rings is 1. The number of carbonyl (C=O) groups excluding carboxylic acids is 1. The van der Waals surface area contributed by atoms with Crippen LogP contribution in [0.3, 0.4) is 0 Å². The zero-order valence-corrected chi connectivity index (χ0v) is 12.4. The average molecular weight is 301 g/mol. The topological polar surface area (TPSA) is 85.8 Å². The van der Waals surface area contributed by atoms with E-state index in [2.05, 4.69) is 15.3 Å². The molecular weight excluding hydrogens is 286 g/mol. The van der Waals surface area contributed by atoms with Crippen LogP contribution in [0.5, 0.6) is 0 Å². The maximum Gasteiger partial charge on any atom is 0.227 e. The molecule has 0 saturated heterocycles. The highest BCUT2D eigenvalue weighted by atomic mass is 32.1. The van der Waals surface area contributed by atoms with Crippen molar-refractivity contribution >= 4 is 38.3 Å². The third kappa shape index (κ3) is 3.03. The van der Waals surface area contributed by atoms with Gasteiger partial charge in [0.05, 0.1) is 10.2 Å². The van der Waals surface area contributed by atoms with E-state index in [4.69, 9.17) is 5.73 Å². The zero-order chi connectivity index (χ0) is 14.8. The standard InChI is InChI=1S/C14H15N5OS/c1-9-16-5-7-19(9)6-4-13(20)18-14-17-11-3-2-10(15)8-12(11)21-14/h2-3,5,7-8H,4,6,15H2,1H3,(H,17,18,20). The quantitative estimate of drug-likeness (QED) is 0.725. The number of amides is 1. The largest absolute Gasteiger partial charge is 0.399 e. The highest BCUT2D eigenvalue weighted by Crippen LogP contribution is 2.27. The summed E-state index contributed by atoms with van der Waals surface area (Å²) in [5, 5.41) is 3.43. The second-order valence-corrected chi connectivity index (χ2v) is 5.74. The predicted molar refractivity (Wildman–Crippen MR) is 84.2 cm³/mol. The van der Waals surface area contributed by atoms with Crippen molar-refractivity contribution < 1.29 is 4.79 Å². The lowest BCUT2D eigenvalue weighted by Crippen LogP contribution is -2.14. The fourth-order valence-corrected chi connectivity index (χ4v) is 2.97. The summed E-state index contributed by atoms with van der Waals surface area (Å²) in [6.45, 7) is 2.52. The molecule has 1 aromatic carbocycles. The van der Waals surface area contributed by atoms with E-state index in [-0.39, 0.29) is 5.91 Å². The molecule has 6 nitrogen and oxygen atoms in total. The van der Waals surface area contributed by atoms with Gasteiger partial charge in [0.2, 0.25) is 5.91 Å². The first kappa shape index (κ1) is 13.6. The molecule has 1 amide bonds. The SMILES string of the molecule is Cc1nccn1CCC(=O)Nc1nc2ccc(N)cc2s1. The second kappa shape index (κ2) is 5.53. The van der Waals surface area contributed by atoms with Crippen molar-refractivity contribution in [3.05, 3.63) is 36.4 Å². The summed E-state index contributed by atoms with van der Waals surface area (Å²) in [7, 11) is 0. The molecule has 2 aromatic heterocycles. The minimum atomic E-state index is -0.0601. The monoisotopic (exact) mass is 301 g/mol. The Morgan fingerprint density at radius 1 is 1.48 bits per heavy atom. The minimum absolute atomic E-state index is 0.0601. The molecule has 0 aliphatic heterocycles. The first-order chi connectivity index (χ1) is 10.1. The van der Waals surface area contributed by atoms with Crippen molar-refractivity contribution in [1.29, 1.82) is 0 Å². The molecule has 21 heavy (non-hydrogen) atoms. The fourth-order valence-electron chi connectivity index (χ4n) is 2.04. The smallest absolute Gasteiger partial charge is 0.227 e. The third-order valence-electron chi connectivity index (χ3n) is 3.16. The summed E-state index contributed by atoms with van der Waals surface area (Å²) in [5.41, 5.74) is 7.27. The molecule has 0 bridgehead atoms. The van der Waals surface area contributed by atoms with Gasteiger partial charge in [-0.3, -0.25) is 4.79 Å². The number of hydrogen-bond acceptors (Lipinski definition) is 5. The average Bonchev–Trinajstić information content (AvgIpc) is 3.01. The van der Waals surface area contributed by atoms with Gasteiger partial charge in [-0.1, -0.05) is 11.3 Å². The summed E-state index contributed by atoms with van der Waals surface area (Å²) in [6, 6.07) is 5.51. The van der Waals surface area contributed by atoms with Crippen LogP contribution in [0.4, 0.5) is 10.8 Å². The molecule has 0 radical (unpaired) electrons. The van der Waals surface area contributed by atoms with Crippen molar-refractivity contribution in [2.24, 2.45) is 0 Å². The third-order valence-corrected chi connectivity index (χ3v) is 4.10. The van der Waals surface area contributed by atoms with E-state index in [0.717, 1.165) is 16.0 Å². The van der Waals surface area contributed by atoms with Crippen LogP contribution in [0.2, 0.25) is 0 Å². The number of nitrogens with zero attached hydrogens (tertiary/aromatic N) is 3. The number of rotatable bonds is 4. The lowest BCUT2D eigenvalue weighted by atomic mass is 10.3. The lowest BCUT2D eigenvalue weighted by molar-refractivity contribution is -0.116. The van der Waals surface area contributed by atoms with Crippen LogP contribution >= 0.6 is 11.3 Å². The van der Waals surface area contributed by atoms with Crippen molar-refractivity contribution in [3.8, 4) is 0 Å². The summed E-state index contributed by atoms with van der Waals surface area (Å²) >= 11 is 1.42. The normalized spacial score (nSPS) is 10.9. The molecule has 3 aromatic rings. The maximum absolute atomic E-state index is 12.0. The van der Waals surface area contributed by atoms with Gasteiger partial charge in [-0.2, -0.15) is 0 Å². The van der Waals surface area contributed by atoms with Gasteiger partial charge in [0.25, 0.3) is 0 Å². The van der Waals surface area contributed by atoms with Gasteiger partial charge in [-0.15, -0.1) is 0 Å². The zero-order valence-electron chi connectivity index (χ0n) is 11.5. The molecule has 0 spiro atoms. The molecule has 7 heteroatoms. The second-order valence-electron chi connectivity index (χ2n) is 4.71. The van der Waals surface area contributed by atoms with E-state index in [1.165, 1.54) is 11.3 Å². The molecule has 3 N–H and O–H groups in total. The maximum atomic E-state index is 12.0. The number of imidazole rings is 1. The Labute approximate surface area is 125 Å². The van der Waals surface area contributed by atoms with E-state index < -0.39 is 0 Å². The van der Waals surface area contributed by atoms with Gasteiger partial charge in [0.15, 0.2) is 5.13 Å². The van der Waals surface area contributed by atoms with Gasteiger partial charge in [-0.05, 0) is 25.1 Å². The Morgan fingerprint density at radius 3 is 3.10 bits per heavy atom. The predicted octanol–water partition coefficient (Wildman–Crippen LogP) is 2.41. The number of nitrogens with two attached hydrogens (primary N) is 1. The molecule has 108 valence electrons. The molecule has 3 rings (SSSR count). The first-order valence-electron chi connectivity index (χ1n) is 6.55. The fraction of sp³-hybridized carbons (Fsp3) is 0.214. The van der Waals surface area contributed by atoms with Crippen LogP contribution in [0.25, 0.3) is 10.2 Å². The Hall–Kier alpha value is -2.41. The Balaban J connectivity index is 1.64. The van der Waals surface area contributed by atoms with E-state index >= 15 is 0 Å². The molecule has 0 saturated carbocycles. The van der Waals surface area contributed by atoms with Crippen molar-refractivity contribution in [2.75, 3.05) is 11.1 Å². The Morgan fingerprint density at radius 2 is 2.33 bits per heavy atom. The van der Waals surface area contributed by atoms with Crippen LogP contribution < -0.4 is 11.1 Å². The highest BCUT2D eigenvalue weighted by Gasteiger charge is 2.08. The van der Waals surface area contributed by atoms with Gasteiger partial charge in [0, 0.05) is 31.0 Å². The van der Waals surface area contributed by atoms with E-state index in [9.17, 15) is 4.79 Å². The summed E-state index contributed by atoms with van der Waals surface area (Å²) in [6.07, 6.45) is 3.98. The number of hydrogen-bond donors (Lipinski definition) is 2. The van der Waals surface area contributed by atoms with Gasteiger partial charge in [-0.25, -0.2) is 9.97 Å². The number of nitrogens with one attached hydrogen (secondary N) is 1. The van der Waals surface area contributed by atoms with E-state index in [1.807, 2.05) is 29.8 Å². The molecule has 0 fully saturated rings. The van der Waals surface area contributed by atoms with Crippen molar-refractivity contribution in [3.63, 3.8) is 0 Å². The number of anilines is 2. The van der Waals surface area contributed by atoms with Gasteiger partial charge in [0.1, 0.15) is 5.82 Å². The van der Waals surface area contributed by atoms with Crippen LogP contribution in [0.1, 0.15) is 12.2 Å². The molecular formula is C14H15N5OS. The Kier molecular flexibility index (Phi) is 3.57. The summed E-state index contributed by atoms with van der Waals surface area (Å²) < 4.78 is 2.91. The molecule has 0 atom stereocenters. The minimum Gasteiger partial charge on any atom is -0.399 e. The molecule has 2 heterocycles. The molecule has 0 aliphatic carbocycles.